The number of aromatic nitrogens is 1. The zero-order valence-corrected chi connectivity index (χ0v) is 25.7. The van der Waals surface area contributed by atoms with Crippen molar-refractivity contribution < 1.29 is 0 Å². The molecule has 0 saturated carbocycles. The number of nitrogens with one attached hydrogen (secondary N) is 1. The van der Waals surface area contributed by atoms with E-state index in [1.807, 2.05) is 0 Å². The van der Waals surface area contributed by atoms with Gasteiger partial charge in [-0.2, -0.15) is 0 Å². The van der Waals surface area contributed by atoms with Crippen LogP contribution in [0.25, 0.3) is 99.3 Å². The average molecular weight is 596 g/mol. The average Bonchev–Trinajstić information content (AvgIpc) is 3.69. The lowest BCUT2D eigenvalue weighted by Gasteiger charge is -2.12. The quantitative estimate of drug-likeness (QED) is 0.208. The number of H-pyrrole nitrogens is 1. The van der Waals surface area contributed by atoms with Crippen LogP contribution in [0.2, 0.25) is 0 Å². The molecule has 0 unspecified atom stereocenters. The van der Waals surface area contributed by atoms with Crippen molar-refractivity contribution in [2.24, 2.45) is 0 Å². The number of fused-ring (bicyclic) bond motifs is 5. The van der Waals surface area contributed by atoms with Crippen molar-refractivity contribution in [3.63, 3.8) is 0 Å². The maximum atomic E-state index is 3.68. The van der Waals surface area contributed by atoms with Crippen LogP contribution in [-0.4, -0.2) is 4.98 Å². The van der Waals surface area contributed by atoms with E-state index in [0.717, 1.165) is 11.2 Å². The van der Waals surface area contributed by atoms with Gasteiger partial charge in [0.05, 0.1) is 5.69 Å². The summed E-state index contributed by atoms with van der Waals surface area (Å²) in [6.07, 6.45) is 0. The first-order chi connectivity index (χ1) is 23.3. The minimum atomic E-state index is 1.15. The van der Waals surface area contributed by atoms with Crippen molar-refractivity contribution in [3.05, 3.63) is 170 Å². The van der Waals surface area contributed by atoms with Gasteiger partial charge < -0.3 is 4.98 Å². The van der Waals surface area contributed by atoms with Crippen LogP contribution in [0.1, 0.15) is 0 Å². The second-order valence-electron chi connectivity index (χ2n) is 12.6. The van der Waals surface area contributed by atoms with Gasteiger partial charge in [0.25, 0.3) is 0 Å². The molecule has 47 heavy (non-hydrogen) atoms. The largest absolute Gasteiger partial charge is 0.354 e. The summed E-state index contributed by atoms with van der Waals surface area (Å²) in [5, 5.41) is 6.43. The highest BCUT2D eigenvalue weighted by Crippen LogP contribution is 2.49. The number of aromatic amines is 1. The predicted molar refractivity (Wildman–Crippen MR) is 199 cm³/mol. The fraction of sp³-hybridized carbons (Fsp3) is 0. The van der Waals surface area contributed by atoms with E-state index in [1.165, 1.54) is 88.1 Å². The molecule has 1 aliphatic rings. The first kappa shape index (κ1) is 26.1. The summed E-state index contributed by atoms with van der Waals surface area (Å²) in [5.41, 5.74) is 16.3. The van der Waals surface area contributed by atoms with E-state index in [1.54, 1.807) is 0 Å². The van der Waals surface area contributed by atoms with Crippen LogP contribution in [-0.2, 0) is 0 Å². The van der Waals surface area contributed by atoms with Gasteiger partial charge in [-0.1, -0.05) is 152 Å². The minimum Gasteiger partial charge on any atom is -0.354 e. The molecule has 1 heterocycles. The van der Waals surface area contributed by atoms with Gasteiger partial charge in [-0.3, -0.25) is 0 Å². The first-order valence-electron chi connectivity index (χ1n) is 16.3. The molecule has 1 N–H and O–H groups in total. The molecule has 0 radical (unpaired) electrons. The van der Waals surface area contributed by atoms with Crippen LogP contribution in [0, 0.1) is 0 Å². The Morgan fingerprint density at radius 2 is 0.894 bits per heavy atom. The topological polar surface area (TPSA) is 15.8 Å². The van der Waals surface area contributed by atoms with Crippen molar-refractivity contribution in [2.45, 2.75) is 0 Å². The second kappa shape index (κ2) is 10.2. The summed E-state index contributed by atoms with van der Waals surface area (Å²) in [6, 6.07) is 62.1. The Bertz CT molecular complexity index is 2630. The van der Waals surface area contributed by atoms with Crippen molar-refractivity contribution in [3.8, 4) is 66.9 Å². The fourth-order valence-electron chi connectivity index (χ4n) is 7.75. The number of hydrogen-bond donors (Lipinski definition) is 1. The van der Waals surface area contributed by atoms with Crippen molar-refractivity contribution >= 4 is 32.4 Å². The van der Waals surface area contributed by atoms with Crippen LogP contribution >= 0.6 is 0 Å². The summed E-state index contributed by atoms with van der Waals surface area (Å²) in [4.78, 5) is 3.68. The lowest BCUT2D eigenvalue weighted by molar-refractivity contribution is 1.45. The molecule has 1 aliphatic carbocycles. The third-order valence-electron chi connectivity index (χ3n) is 9.97. The third kappa shape index (κ3) is 4.03. The molecule has 0 saturated heterocycles. The monoisotopic (exact) mass is 595 g/mol. The zero-order chi connectivity index (χ0) is 30.9. The minimum absolute atomic E-state index is 1.15. The van der Waals surface area contributed by atoms with Gasteiger partial charge in [0, 0.05) is 16.5 Å². The molecule has 10 rings (SSSR count). The molecule has 0 bridgehead atoms. The van der Waals surface area contributed by atoms with E-state index in [-0.39, 0.29) is 0 Å². The van der Waals surface area contributed by atoms with E-state index >= 15 is 0 Å². The zero-order valence-electron chi connectivity index (χ0n) is 25.7. The highest BCUT2D eigenvalue weighted by Gasteiger charge is 2.22. The van der Waals surface area contributed by atoms with Gasteiger partial charge >= 0.3 is 0 Å². The molecule has 9 aromatic rings. The molecule has 0 fully saturated rings. The molecule has 1 heteroatoms. The summed E-state index contributed by atoms with van der Waals surface area (Å²) in [5.74, 6) is 0. The van der Waals surface area contributed by atoms with E-state index < -0.39 is 0 Å². The van der Waals surface area contributed by atoms with E-state index in [2.05, 4.69) is 175 Å². The number of hydrogen-bond acceptors (Lipinski definition) is 0. The Kier molecular flexibility index (Phi) is 5.64. The predicted octanol–water partition coefficient (Wildman–Crippen LogP) is 12.8. The standard InChI is InChI=1S/C46H29N/c1-2-9-31(10-3-1)46-44(42-13-6-7-16-43(42)47-46)30-19-17-29(18-20-30)32-21-22-34-28-35(24-23-33(34)27-32)36-25-26-41-38-12-5-4-11-37(38)40-15-8-14-39(36)45(40)41/h1-28,47H. The number of rotatable bonds is 4. The summed E-state index contributed by atoms with van der Waals surface area (Å²) in [7, 11) is 0. The summed E-state index contributed by atoms with van der Waals surface area (Å²) >= 11 is 0. The molecule has 0 atom stereocenters. The Balaban J connectivity index is 1.01. The fourth-order valence-corrected chi connectivity index (χ4v) is 7.75. The number of benzene rings is 8. The summed E-state index contributed by atoms with van der Waals surface area (Å²) < 4.78 is 0. The highest BCUT2D eigenvalue weighted by molar-refractivity contribution is 6.19. The van der Waals surface area contributed by atoms with Crippen LogP contribution in [0.4, 0.5) is 0 Å². The second-order valence-corrected chi connectivity index (χ2v) is 12.6. The lowest BCUT2D eigenvalue weighted by atomic mass is 9.92. The maximum absolute atomic E-state index is 3.68. The lowest BCUT2D eigenvalue weighted by Crippen LogP contribution is -1.86. The van der Waals surface area contributed by atoms with Gasteiger partial charge in [0.1, 0.15) is 0 Å². The van der Waals surface area contributed by atoms with E-state index in [9.17, 15) is 0 Å². The number of para-hydroxylation sites is 1. The third-order valence-corrected chi connectivity index (χ3v) is 9.97. The normalized spacial score (nSPS) is 11.8. The Labute approximate surface area is 273 Å². The van der Waals surface area contributed by atoms with E-state index in [0.29, 0.717) is 0 Å². The molecule has 8 aromatic carbocycles. The first-order valence-corrected chi connectivity index (χ1v) is 16.3. The molecule has 0 spiro atoms. The van der Waals surface area contributed by atoms with Gasteiger partial charge in [-0.25, -0.2) is 0 Å². The maximum Gasteiger partial charge on any atom is 0.0544 e. The smallest absolute Gasteiger partial charge is 0.0544 e. The molecular weight excluding hydrogens is 567 g/mol. The Morgan fingerprint density at radius 3 is 1.70 bits per heavy atom. The molecule has 1 nitrogen and oxygen atoms in total. The molecule has 218 valence electrons. The SMILES string of the molecule is c1ccc(-c2[nH]c3ccccc3c2-c2ccc(-c3ccc4cc(-c5ccc6c7c(cccc57)-c5ccccc5-6)ccc4c3)cc2)cc1. The molecule has 1 aromatic heterocycles. The van der Waals surface area contributed by atoms with Gasteiger partial charge in [0.15, 0.2) is 0 Å². The molecule has 0 amide bonds. The van der Waals surface area contributed by atoms with Gasteiger partial charge in [-0.05, 0) is 95.4 Å². The van der Waals surface area contributed by atoms with Gasteiger partial charge in [-0.15, -0.1) is 0 Å². The van der Waals surface area contributed by atoms with Crippen LogP contribution < -0.4 is 0 Å². The van der Waals surface area contributed by atoms with Crippen molar-refractivity contribution in [1.29, 1.82) is 0 Å². The highest BCUT2D eigenvalue weighted by atomic mass is 14.7. The Hall–Kier alpha value is -6.18. The van der Waals surface area contributed by atoms with Crippen LogP contribution in [0.3, 0.4) is 0 Å². The van der Waals surface area contributed by atoms with Crippen molar-refractivity contribution in [2.75, 3.05) is 0 Å². The Morgan fingerprint density at radius 1 is 0.319 bits per heavy atom. The van der Waals surface area contributed by atoms with E-state index in [4.69, 9.17) is 0 Å². The summed E-state index contributed by atoms with van der Waals surface area (Å²) in [6.45, 7) is 0. The van der Waals surface area contributed by atoms with Gasteiger partial charge in [0.2, 0.25) is 0 Å². The molecule has 0 aliphatic heterocycles. The van der Waals surface area contributed by atoms with Crippen LogP contribution in [0.5, 0.6) is 0 Å². The molecular formula is C46H29N. The van der Waals surface area contributed by atoms with Crippen LogP contribution in [0.15, 0.2) is 170 Å². The van der Waals surface area contributed by atoms with Crippen molar-refractivity contribution in [1.82, 2.24) is 4.98 Å².